The molecule has 0 saturated heterocycles. The lowest BCUT2D eigenvalue weighted by Crippen LogP contribution is -2.25. The Labute approximate surface area is 98.7 Å². The minimum atomic E-state index is -0.593. The van der Waals surface area contributed by atoms with Gasteiger partial charge in [0.05, 0.1) is 36.1 Å². The average molecular weight is 225 g/mol. The summed E-state index contributed by atoms with van der Waals surface area (Å²) in [6.45, 7) is 0.355. The molecule has 0 amide bonds. The molecular weight excluding hydrogens is 214 g/mol. The largest absolute Gasteiger partial charge is 0.324 e. The molecule has 0 fully saturated rings. The Morgan fingerprint density at radius 2 is 2.12 bits per heavy atom. The van der Waals surface area contributed by atoms with Crippen LogP contribution in [0, 0.1) is 22.7 Å². The summed E-state index contributed by atoms with van der Waals surface area (Å²) >= 11 is 0. The van der Waals surface area contributed by atoms with E-state index in [4.69, 9.17) is 16.3 Å². The highest BCUT2D eigenvalue weighted by atomic mass is 15.1. The van der Waals surface area contributed by atoms with Crippen molar-refractivity contribution in [2.24, 2.45) is 5.73 Å². The Kier molecular flexibility index (Phi) is 3.04. The predicted octanol–water partition coefficient (Wildman–Crippen LogP) is 0.953. The van der Waals surface area contributed by atoms with E-state index in [1.165, 1.54) is 0 Å². The van der Waals surface area contributed by atoms with Crippen molar-refractivity contribution in [3.8, 4) is 12.1 Å². The van der Waals surface area contributed by atoms with Gasteiger partial charge in [0.15, 0.2) is 0 Å². The van der Waals surface area contributed by atoms with Crippen LogP contribution in [0.5, 0.6) is 0 Å². The minimum Gasteiger partial charge on any atom is -0.324 e. The zero-order chi connectivity index (χ0) is 12.3. The molecule has 2 rings (SSSR count). The van der Waals surface area contributed by atoms with Crippen molar-refractivity contribution in [2.75, 3.05) is 0 Å². The number of benzene rings is 1. The Morgan fingerprint density at radius 1 is 1.35 bits per heavy atom. The van der Waals surface area contributed by atoms with Crippen molar-refractivity contribution in [2.45, 2.75) is 19.0 Å². The lowest BCUT2D eigenvalue weighted by atomic mass is 10.3. The Morgan fingerprint density at radius 3 is 2.82 bits per heavy atom. The molecule has 1 atom stereocenters. The number of nitriles is 2. The quantitative estimate of drug-likeness (QED) is 0.841. The van der Waals surface area contributed by atoms with Gasteiger partial charge >= 0.3 is 0 Å². The fourth-order valence-corrected chi connectivity index (χ4v) is 1.77. The summed E-state index contributed by atoms with van der Waals surface area (Å²) in [5.74, 6) is 0.652. The highest BCUT2D eigenvalue weighted by Gasteiger charge is 2.12. The summed E-state index contributed by atoms with van der Waals surface area (Å²) in [5.41, 5.74) is 7.36. The first-order valence-corrected chi connectivity index (χ1v) is 5.22. The van der Waals surface area contributed by atoms with Gasteiger partial charge in [0, 0.05) is 0 Å². The monoisotopic (exact) mass is 225 g/mol. The van der Waals surface area contributed by atoms with E-state index in [1.54, 1.807) is 0 Å². The summed E-state index contributed by atoms with van der Waals surface area (Å²) in [6.07, 6.45) is 0.215. The second-order valence-corrected chi connectivity index (χ2v) is 3.70. The maximum atomic E-state index is 8.76. The van der Waals surface area contributed by atoms with Gasteiger partial charge in [0.2, 0.25) is 0 Å². The number of rotatable bonds is 3. The Hall–Kier alpha value is -2.37. The SMILES string of the molecule is N#CCc1nc2ccccc2n1CC(N)C#N. The number of fused-ring (bicyclic) bond motifs is 1. The number of aromatic nitrogens is 2. The van der Waals surface area contributed by atoms with Gasteiger partial charge in [-0.25, -0.2) is 4.98 Å². The van der Waals surface area contributed by atoms with Crippen LogP contribution in [-0.2, 0) is 13.0 Å². The molecule has 0 aliphatic carbocycles. The summed E-state index contributed by atoms with van der Waals surface area (Å²) in [4.78, 5) is 4.37. The maximum Gasteiger partial charge on any atom is 0.124 e. The van der Waals surface area contributed by atoms with Gasteiger partial charge in [-0.2, -0.15) is 10.5 Å². The van der Waals surface area contributed by atoms with Crippen LogP contribution in [0.3, 0.4) is 0 Å². The summed E-state index contributed by atoms with van der Waals surface area (Å²) in [6, 6.07) is 11.0. The molecule has 0 bridgehead atoms. The third-order valence-electron chi connectivity index (χ3n) is 2.52. The molecule has 84 valence electrons. The van der Waals surface area contributed by atoms with Gasteiger partial charge in [0.1, 0.15) is 11.9 Å². The molecule has 0 aliphatic rings. The summed E-state index contributed by atoms with van der Waals surface area (Å²) in [5, 5.41) is 17.5. The van der Waals surface area contributed by atoms with Crippen molar-refractivity contribution in [3.05, 3.63) is 30.1 Å². The molecule has 1 unspecified atom stereocenters. The van der Waals surface area contributed by atoms with Gasteiger partial charge in [0.25, 0.3) is 0 Å². The predicted molar refractivity (Wildman–Crippen MR) is 62.6 cm³/mol. The number of hydrogen-bond donors (Lipinski definition) is 1. The van der Waals surface area contributed by atoms with Crippen LogP contribution in [0.2, 0.25) is 0 Å². The zero-order valence-electron chi connectivity index (χ0n) is 9.17. The average Bonchev–Trinajstić information content (AvgIpc) is 2.68. The fraction of sp³-hybridized carbons (Fsp3) is 0.250. The molecule has 0 saturated carbocycles. The number of imidazole rings is 1. The number of nitrogens with zero attached hydrogens (tertiary/aromatic N) is 4. The van der Waals surface area contributed by atoms with Crippen LogP contribution in [-0.4, -0.2) is 15.6 Å². The molecule has 1 heterocycles. The standard InChI is InChI=1S/C12H11N5/c13-6-5-12-16-10-3-1-2-4-11(10)17(12)8-9(15)7-14/h1-4,9H,5,8,15H2. The minimum absolute atomic E-state index is 0.215. The fourth-order valence-electron chi connectivity index (χ4n) is 1.77. The topological polar surface area (TPSA) is 91.4 Å². The van der Waals surface area contributed by atoms with Crippen LogP contribution >= 0.6 is 0 Å². The number of nitrogens with two attached hydrogens (primary N) is 1. The first-order valence-electron chi connectivity index (χ1n) is 5.22. The Balaban J connectivity index is 2.53. The molecule has 0 aliphatic heterocycles. The number of hydrogen-bond acceptors (Lipinski definition) is 4. The number of para-hydroxylation sites is 2. The van der Waals surface area contributed by atoms with E-state index in [2.05, 4.69) is 11.1 Å². The normalized spacial score (nSPS) is 11.9. The lowest BCUT2D eigenvalue weighted by molar-refractivity contribution is 0.630. The summed E-state index contributed by atoms with van der Waals surface area (Å²) in [7, 11) is 0. The third-order valence-corrected chi connectivity index (χ3v) is 2.52. The summed E-state index contributed by atoms with van der Waals surface area (Å²) < 4.78 is 1.84. The molecule has 0 radical (unpaired) electrons. The van der Waals surface area contributed by atoms with E-state index < -0.39 is 6.04 Å². The maximum absolute atomic E-state index is 8.76. The van der Waals surface area contributed by atoms with Gasteiger partial charge in [-0.15, -0.1) is 0 Å². The molecule has 0 spiro atoms. The molecule has 1 aromatic carbocycles. The zero-order valence-corrected chi connectivity index (χ0v) is 9.17. The van der Waals surface area contributed by atoms with Crippen molar-refractivity contribution in [1.82, 2.24) is 9.55 Å². The molecule has 2 N–H and O–H groups in total. The second kappa shape index (κ2) is 4.65. The first kappa shape index (κ1) is 11.1. The molecule has 5 heteroatoms. The van der Waals surface area contributed by atoms with Crippen molar-refractivity contribution < 1.29 is 0 Å². The van der Waals surface area contributed by atoms with E-state index >= 15 is 0 Å². The highest BCUT2D eigenvalue weighted by molar-refractivity contribution is 5.76. The lowest BCUT2D eigenvalue weighted by Gasteiger charge is -2.08. The van der Waals surface area contributed by atoms with Gasteiger partial charge in [-0.3, -0.25) is 0 Å². The Bertz CT molecular complexity index is 614. The van der Waals surface area contributed by atoms with Crippen LogP contribution in [0.4, 0.5) is 0 Å². The highest BCUT2D eigenvalue weighted by Crippen LogP contribution is 2.16. The smallest absolute Gasteiger partial charge is 0.124 e. The molecule has 17 heavy (non-hydrogen) atoms. The molecule has 5 nitrogen and oxygen atoms in total. The van der Waals surface area contributed by atoms with Crippen LogP contribution in [0.15, 0.2) is 24.3 Å². The molecular formula is C12H11N5. The van der Waals surface area contributed by atoms with Crippen molar-refractivity contribution >= 4 is 11.0 Å². The van der Waals surface area contributed by atoms with Crippen molar-refractivity contribution in [3.63, 3.8) is 0 Å². The molecule has 1 aromatic heterocycles. The van der Waals surface area contributed by atoms with Crippen LogP contribution in [0.1, 0.15) is 5.82 Å². The van der Waals surface area contributed by atoms with Crippen LogP contribution < -0.4 is 5.73 Å². The van der Waals surface area contributed by atoms with Gasteiger partial charge in [-0.1, -0.05) is 12.1 Å². The van der Waals surface area contributed by atoms with E-state index in [-0.39, 0.29) is 6.42 Å². The van der Waals surface area contributed by atoms with E-state index in [1.807, 2.05) is 34.9 Å². The van der Waals surface area contributed by atoms with E-state index in [0.29, 0.717) is 12.4 Å². The third kappa shape index (κ3) is 2.10. The van der Waals surface area contributed by atoms with E-state index in [9.17, 15) is 0 Å². The van der Waals surface area contributed by atoms with Crippen LogP contribution in [0.25, 0.3) is 11.0 Å². The van der Waals surface area contributed by atoms with Gasteiger partial charge in [-0.05, 0) is 12.1 Å². The van der Waals surface area contributed by atoms with Crippen molar-refractivity contribution in [1.29, 1.82) is 10.5 Å². The van der Waals surface area contributed by atoms with Gasteiger partial charge < -0.3 is 10.3 Å². The first-order chi connectivity index (χ1) is 8.26. The molecule has 2 aromatic rings. The second-order valence-electron chi connectivity index (χ2n) is 3.70. The van der Waals surface area contributed by atoms with E-state index in [0.717, 1.165) is 11.0 Å².